The Bertz CT molecular complexity index is 136. The van der Waals surface area contributed by atoms with Gasteiger partial charge >= 0.3 is 0 Å². The van der Waals surface area contributed by atoms with Crippen molar-refractivity contribution in [3.8, 4) is 0 Å². The zero-order valence-corrected chi connectivity index (χ0v) is 8.39. The van der Waals surface area contributed by atoms with Crippen LogP contribution in [0.4, 0.5) is 0 Å². The Morgan fingerprint density at radius 1 is 1.36 bits per heavy atom. The maximum atomic E-state index is 11.6. The van der Waals surface area contributed by atoms with Gasteiger partial charge in [0, 0.05) is 13.3 Å². The van der Waals surface area contributed by atoms with E-state index in [1.165, 1.54) is 7.11 Å². The van der Waals surface area contributed by atoms with Crippen LogP contribution in [0.3, 0.4) is 0 Å². The van der Waals surface area contributed by atoms with Crippen LogP contribution in [0.15, 0.2) is 0 Å². The highest BCUT2D eigenvalue weighted by atomic mass is 31.2. The lowest BCUT2D eigenvalue weighted by atomic mass is 10.5. The van der Waals surface area contributed by atoms with Crippen molar-refractivity contribution < 1.29 is 13.8 Å². The summed E-state index contributed by atoms with van der Waals surface area (Å²) >= 11 is 0. The minimum absolute atomic E-state index is 0.240. The van der Waals surface area contributed by atoms with Crippen molar-refractivity contribution in [2.45, 2.75) is 20.3 Å². The molecule has 1 unspecified atom stereocenters. The van der Waals surface area contributed by atoms with Crippen molar-refractivity contribution in [3.63, 3.8) is 0 Å². The fraction of sp³-hybridized carbons (Fsp3) is 1.00. The van der Waals surface area contributed by atoms with Gasteiger partial charge in [0.2, 0.25) is 7.37 Å². The molecule has 0 aliphatic rings. The van der Waals surface area contributed by atoms with Gasteiger partial charge in [0.15, 0.2) is 0 Å². The van der Waals surface area contributed by atoms with E-state index in [0.717, 1.165) is 6.42 Å². The highest BCUT2D eigenvalue weighted by Crippen LogP contribution is 2.45. The lowest BCUT2D eigenvalue weighted by molar-refractivity contribution is 0.219. The third kappa shape index (κ3) is 4.57. The summed E-state index contributed by atoms with van der Waals surface area (Å²) in [5.41, 5.74) is 0. The smallest absolute Gasteiger partial charge is 0.227 e. The molecule has 0 saturated carbocycles. The van der Waals surface area contributed by atoms with Crippen LogP contribution in [0.2, 0.25) is 0 Å². The van der Waals surface area contributed by atoms with Gasteiger partial charge in [-0.3, -0.25) is 4.57 Å². The molecule has 0 saturated heterocycles. The van der Waals surface area contributed by atoms with Gasteiger partial charge in [0.05, 0.1) is 6.61 Å². The predicted octanol–water partition coefficient (Wildman–Crippen LogP) is 2.31. The summed E-state index contributed by atoms with van der Waals surface area (Å²) in [6.07, 6.45) is 1.69. The third-order valence-electron chi connectivity index (χ3n) is 1.34. The van der Waals surface area contributed by atoms with Crippen LogP contribution in [0.5, 0.6) is 0 Å². The second kappa shape index (κ2) is 5.76. The van der Waals surface area contributed by atoms with Gasteiger partial charge in [-0.15, -0.1) is 0 Å². The van der Waals surface area contributed by atoms with Crippen LogP contribution in [0.25, 0.3) is 0 Å². The summed E-state index contributed by atoms with van der Waals surface area (Å²) in [5.74, 6) is 0. The average Bonchev–Trinajstić information content (AvgIpc) is 2.02. The molecule has 4 heteroatoms. The third-order valence-corrected chi connectivity index (χ3v) is 3.61. The second-order valence-electron chi connectivity index (χ2n) is 2.38. The second-order valence-corrected chi connectivity index (χ2v) is 5.16. The normalized spacial score (nSPS) is 16.3. The summed E-state index contributed by atoms with van der Waals surface area (Å²) < 4.78 is 21.6. The van der Waals surface area contributed by atoms with Crippen molar-refractivity contribution in [2.75, 3.05) is 26.2 Å². The van der Waals surface area contributed by atoms with Gasteiger partial charge in [-0.1, -0.05) is 13.8 Å². The molecule has 0 radical (unpaired) electrons. The first-order chi connectivity index (χ1) is 5.18. The van der Waals surface area contributed by atoms with Gasteiger partial charge in [-0.25, -0.2) is 0 Å². The highest BCUT2D eigenvalue weighted by molar-refractivity contribution is 7.58. The predicted molar refractivity (Wildman–Crippen MR) is 46.3 cm³/mol. The molecule has 0 fully saturated rings. The molecule has 0 aromatic heterocycles. The molecular formula is C7H17O3P. The van der Waals surface area contributed by atoms with Crippen LogP contribution in [-0.4, -0.2) is 26.2 Å². The van der Waals surface area contributed by atoms with Gasteiger partial charge in [0.1, 0.15) is 6.35 Å². The number of hydrogen-bond donors (Lipinski definition) is 0. The summed E-state index contributed by atoms with van der Waals surface area (Å²) in [6.45, 7) is 4.41. The van der Waals surface area contributed by atoms with Crippen LogP contribution in [0.1, 0.15) is 20.3 Å². The van der Waals surface area contributed by atoms with E-state index >= 15 is 0 Å². The van der Waals surface area contributed by atoms with Crippen LogP contribution < -0.4 is 0 Å². The van der Waals surface area contributed by atoms with Crippen molar-refractivity contribution >= 4 is 7.37 Å². The van der Waals surface area contributed by atoms with E-state index in [4.69, 9.17) is 9.26 Å². The van der Waals surface area contributed by atoms with Crippen LogP contribution in [0, 0.1) is 0 Å². The van der Waals surface area contributed by atoms with E-state index < -0.39 is 7.37 Å². The molecule has 0 aliphatic heterocycles. The number of ether oxygens (including phenoxy) is 1. The SMILES string of the molecule is CCCOP(=O)(CC)COC. The maximum Gasteiger partial charge on any atom is 0.227 e. The number of rotatable bonds is 6. The van der Waals surface area contributed by atoms with Gasteiger partial charge in [0.25, 0.3) is 0 Å². The lowest BCUT2D eigenvalue weighted by Crippen LogP contribution is -2.00. The van der Waals surface area contributed by atoms with Crippen molar-refractivity contribution in [1.29, 1.82) is 0 Å². The molecule has 0 aromatic carbocycles. The molecule has 0 amide bonds. The minimum Gasteiger partial charge on any atom is -0.375 e. The van der Waals surface area contributed by atoms with E-state index in [1.807, 2.05) is 13.8 Å². The first kappa shape index (κ1) is 11.2. The molecular weight excluding hydrogens is 163 g/mol. The van der Waals surface area contributed by atoms with Gasteiger partial charge in [-0.2, -0.15) is 0 Å². The van der Waals surface area contributed by atoms with E-state index in [9.17, 15) is 4.57 Å². The molecule has 1 atom stereocenters. The standard InChI is InChI=1S/C7H17O3P/c1-4-6-10-11(8,5-2)7-9-3/h4-7H2,1-3H3. The summed E-state index contributed by atoms with van der Waals surface area (Å²) in [5, 5.41) is 0. The summed E-state index contributed by atoms with van der Waals surface area (Å²) in [6, 6.07) is 0. The zero-order valence-electron chi connectivity index (χ0n) is 7.50. The summed E-state index contributed by atoms with van der Waals surface area (Å²) in [7, 11) is -0.900. The summed E-state index contributed by atoms with van der Waals surface area (Å²) in [4.78, 5) is 0. The quantitative estimate of drug-likeness (QED) is 0.588. The Morgan fingerprint density at radius 2 is 2.00 bits per heavy atom. The van der Waals surface area contributed by atoms with Crippen LogP contribution in [-0.2, 0) is 13.8 Å². The van der Waals surface area contributed by atoms with E-state index in [2.05, 4.69) is 0 Å². The maximum absolute atomic E-state index is 11.6. The fourth-order valence-corrected chi connectivity index (χ4v) is 2.02. The largest absolute Gasteiger partial charge is 0.375 e. The molecule has 0 rings (SSSR count). The fourth-order valence-electron chi connectivity index (χ4n) is 0.674. The first-order valence-corrected chi connectivity index (χ1v) is 5.89. The number of hydrogen-bond acceptors (Lipinski definition) is 3. The van der Waals surface area contributed by atoms with Crippen molar-refractivity contribution in [1.82, 2.24) is 0 Å². The van der Waals surface area contributed by atoms with E-state index in [1.54, 1.807) is 0 Å². The molecule has 68 valence electrons. The van der Waals surface area contributed by atoms with E-state index in [-0.39, 0.29) is 6.35 Å². The molecule has 0 bridgehead atoms. The Kier molecular flexibility index (Phi) is 5.83. The van der Waals surface area contributed by atoms with Gasteiger partial charge < -0.3 is 9.26 Å². The van der Waals surface area contributed by atoms with Crippen molar-refractivity contribution in [3.05, 3.63) is 0 Å². The minimum atomic E-state index is -2.44. The van der Waals surface area contributed by atoms with Crippen LogP contribution >= 0.6 is 7.37 Å². The highest BCUT2D eigenvalue weighted by Gasteiger charge is 2.19. The molecule has 11 heavy (non-hydrogen) atoms. The number of methoxy groups -OCH3 is 1. The Labute approximate surface area is 68.5 Å². The molecule has 3 nitrogen and oxygen atoms in total. The topological polar surface area (TPSA) is 35.5 Å². The van der Waals surface area contributed by atoms with E-state index in [0.29, 0.717) is 12.8 Å². The molecule has 0 aliphatic carbocycles. The monoisotopic (exact) mass is 180 g/mol. The molecule has 0 heterocycles. The first-order valence-electron chi connectivity index (χ1n) is 3.90. The Hall–Kier alpha value is 0.150. The molecule has 0 aromatic rings. The average molecular weight is 180 g/mol. The zero-order chi connectivity index (χ0) is 8.74. The van der Waals surface area contributed by atoms with Crippen molar-refractivity contribution in [2.24, 2.45) is 0 Å². The Balaban J connectivity index is 3.79. The lowest BCUT2D eigenvalue weighted by Gasteiger charge is -2.14. The Morgan fingerprint density at radius 3 is 2.36 bits per heavy atom. The molecule has 0 spiro atoms. The van der Waals surface area contributed by atoms with Gasteiger partial charge in [-0.05, 0) is 6.42 Å². The molecule has 0 N–H and O–H groups in total.